The molecule has 6 nitrogen and oxygen atoms in total. The lowest BCUT2D eigenvalue weighted by Crippen LogP contribution is -2.42. The van der Waals surface area contributed by atoms with E-state index in [0.717, 1.165) is 18.5 Å². The van der Waals surface area contributed by atoms with E-state index in [1.165, 1.54) is 24.3 Å². The summed E-state index contributed by atoms with van der Waals surface area (Å²) in [5.74, 6) is -1.15. The minimum absolute atomic E-state index is 0.0244. The van der Waals surface area contributed by atoms with Crippen molar-refractivity contribution in [3.05, 3.63) is 65.5 Å². The summed E-state index contributed by atoms with van der Waals surface area (Å²) in [5, 5.41) is 0. The Balaban J connectivity index is 1.52. The summed E-state index contributed by atoms with van der Waals surface area (Å²) in [6.45, 7) is 0.684. The normalized spacial score (nSPS) is 14.0. The molecule has 0 radical (unpaired) electrons. The van der Waals surface area contributed by atoms with Gasteiger partial charge in [0.1, 0.15) is 5.82 Å². The molecule has 3 rings (SSSR count). The number of halogens is 1. The highest BCUT2D eigenvalue weighted by Crippen LogP contribution is 2.21. The first-order valence-corrected chi connectivity index (χ1v) is 8.77. The summed E-state index contributed by atoms with van der Waals surface area (Å²) < 4.78 is 12.9. The van der Waals surface area contributed by atoms with E-state index >= 15 is 0 Å². The number of carbonyl (C=O) groups is 3. The third kappa shape index (κ3) is 4.91. The molecule has 27 heavy (non-hydrogen) atoms. The Bertz CT molecular complexity index is 835. The van der Waals surface area contributed by atoms with Crippen LogP contribution in [0.3, 0.4) is 0 Å². The first kappa shape index (κ1) is 18.6. The van der Waals surface area contributed by atoms with Crippen LogP contribution in [-0.4, -0.2) is 24.3 Å². The highest BCUT2D eigenvalue weighted by molar-refractivity contribution is 5.97. The minimum Gasteiger partial charge on any atom is -0.312 e. The Hall–Kier alpha value is -3.22. The first-order valence-electron chi connectivity index (χ1n) is 8.77. The number of hydrogen-bond donors (Lipinski definition) is 2. The lowest BCUT2D eigenvalue weighted by atomic mass is 10.1. The van der Waals surface area contributed by atoms with Crippen LogP contribution in [0.1, 0.15) is 35.2 Å². The number of hydrazine groups is 1. The Morgan fingerprint density at radius 1 is 0.963 bits per heavy atom. The van der Waals surface area contributed by atoms with Gasteiger partial charge in [0.25, 0.3) is 5.91 Å². The van der Waals surface area contributed by atoms with Crippen LogP contribution in [0.2, 0.25) is 0 Å². The van der Waals surface area contributed by atoms with E-state index in [9.17, 15) is 18.8 Å². The number of carbonyl (C=O) groups excluding carboxylic acids is 3. The van der Waals surface area contributed by atoms with E-state index in [4.69, 9.17) is 0 Å². The molecule has 3 amide bonds. The quantitative estimate of drug-likeness (QED) is 0.812. The van der Waals surface area contributed by atoms with Crippen LogP contribution in [0.5, 0.6) is 0 Å². The zero-order valence-electron chi connectivity index (χ0n) is 14.7. The molecule has 0 spiro atoms. The van der Waals surface area contributed by atoms with Crippen molar-refractivity contribution in [2.24, 2.45) is 0 Å². The summed E-state index contributed by atoms with van der Waals surface area (Å²) in [6, 6.07) is 12.2. The Morgan fingerprint density at radius 2 is 1.67 bits per heavy atom. The molecule has 0 unspecified atom stereocenters. The molecule has 1 aliphatic heterocycles. The van der Waals surface area contributed by atoms with Gasteiger partial charge in [0.05, 0.1) is 6.42 Å². The summed E-state index contributed by atoms with van der Waals surface area (Å²) in [4.78, 5) is 37.7. The van der Waals surface area contributed by atoms with E-state index in [1.54, 1.807) is 29.2 Å². The number of nitrogens with zero attached hydrogens (tertiary/aromatic N) is 1. The van der Waals surface area contributed by atoms with Crippen molar-refractivity contribution in [3.63, 3.8) is 0 Å². The van der Waals surface area contributed by atoms with Gasteiger partial charge >= 0.3 is 0 Å². The van der Waals surface area contributed by atoms with Crippen molar-refractivity contribution in [2.75, 3.05) is 11.4 Å². The zero-order chi connectivity index (χ0) is 19.2. The smallest absolute Gasteiger partial charge is 0.269 e. The van der Waals surface area contributed by atoms with Crippen molar-refractivity contribution in [3.8, 4) is 0 Å². The molecule has 1 fully saturated rings. The van der Waals surface area contributed by atoms with Gasteiger partial charge in [-0.25, -0.2) is 4.39 Å². The van der Waals surface area contributed by atoms with Gasteiger partial charge in [0.15, 0.2) is 0 Å². The highest BCUT2D eigenvalue weighted by atomic mass is 19.1. The largest absolute Gasteiger partial charge is 0.312 e. The molecule has 0 bridgehead atoms. The summed E-state index contributed by atoms with van der Waals surface area (Å²) in [5.41, 5.74) is 6.44. The number of rotatable bonds is 4. The van der Waals surface area contributed by atoms with Crippen molar-refractivity contribution < 1.29 is 18.8 Å². The summed E-state index contributed by atoms with van der Waals surface area (Å²) in [7, 11) is 0. The molecule has 2 N–H and O–H groups in total. The first-order chi connectivity index (χ1) is 13.0. The van der Waals surface area contributed by atoms with Crippen LogP contribution >= 0.6 is 0 Å². The van der Waals surface area contributed by atoms with Gasteiger partial charge in [-0.15, -0.1) is 0 Å². The standard InChI is InChI=1S/C20H20FN3O3/c21-16-8-4-14(5-9-16)13-18(25)22-23-20(27)15-6-10-17(11-7-15)24-12-2-1-3-19(24)26/h4-11H,1-3,12-13H2,(H,22,25)(H,23,27). The Morgan fingerprint density at radius 3 is 2.33 bits per heavy atom. The predicted octanol–water partition coefficient (Wildman–Crippen LogP) is 2.35. The number of piperidine rings is 1. The molecule has 2 aromatic rings. The molecular weight excluding hydrogens is 349 g/mol. The predicted molar refractivity (Wildman–Crippen MR) is 98.4 cm³/mol. The van der Waals surface area contributed by atoms with E-state index in [0.29, 0.717) is 24.1 Å². The molecule has 0 atom stereocenters. The fourth-order valence-electron chi connectivity index (χ4n) is 2.90. The lowest BCUT2D eigenvalue weighted by molar-refractivity contribution is -0.121. The SMILES string of the molecule is O=C(Cc1ccc(F)cc1)NNC(=O)c1ccc(N2CCCCC2=O)cc1. The average molecular weight is 369 g/mol. The zero-order valence-corrected chi connectivity index (χ0v) is 14.7. The molecule has 1 aliphatic rings. The molecule has 0 saturated carbocycles. The summed E-state index contributed by atoms with van der Waals surface area (Å²) in [6.07, 6.45) is 2.44. The molecule has 0 aliphatic carbocycles. The van der Waals surface area contributed by atoms with Crippen LogP contribution in [0.25, 0.3) is 0 Å². The van der Waals surface area contributed by atoms with Crippen molar-refractivity contribution in [1.29, 1.82) is 0 Å². The number of amides is 3. The van der Waals surface area contributed by atoms with Crippen molar-refractivity contribution in [2.45, 2.75) is 25.7 Å². The molecule has 1 saturated heterocycles. The number of nitrogens with one attached hydrogen (secondary N) is 2. The lowest BCUT2D eigenvalue weighted by Gasteiger charge is -2.26. The van der Waals surface area contributed by atoms with E-state index in [1.807, 2.05) is 0 Å². The van der Waals surface area contributed by atoms with Gasteiger partial charge in [-0.2, -0.15) is 0 Å². The maximum Gasteiger partial charge on any atom is 0.269 e. The highest BCUT2D eigenvalue weighted by Gasteiger charge is 2.19. The van der Waals surface area contributed by atoms with Crippen LogP contribution < -0.4 is 15.8 Å². The maximum atomic E-state index is 12.9. The van der Waals surface area contributed by atoms with Gasteiger partial charge in [-0.1, -0.05) is 12.1 Å². The number of anilines is 1. The van der Waals surface area contributed by atoms with E-state index in [2.05, 4.69) is 10.9 Å². The second-order valence-electron chi connectivity index (χ2n) is 6.35. The fourth-order valence-corrected chi connectivity index (χ4v) is 2.90. The fraction of sp³-hybridized carbons (Fsp3) is 0.250. The minimum atomic E-state index is -0.459. The van der Waals surface area contributed by atoms with Gasteiger partial charge in [0, 0.05) is 24.2 Å². The topological polar surface area (TPSA) is 78.5 Å². The molecule has 2 aromatic carbocycles. The maximum absolute atomic E-state index is 12.9. The summed E-state index contributed by atoms with van der Waals surface area (Å²) >= 11 is 0. The molecule has 0 aromatic heterocycles. The third-order valence-corrected chi connectivity index (χ3v) is 4.36. The van der Waals surface area contributed by atoms with E-state index in [-0.39, 0.29) is 18.1 Å². The molecular formula is C20H20FN3O3. The average Bonchev–Trinajstić information content (AvgIpc) is 2.68. The van der Waals surface area contributed by atoms with Crippen LogP contribution in [-0.2, 0) is 16.0 Å². The second-order valence-corrected chi connectivity index (χ2v) is 6.35. The molecule has 7 heteroatoms. The number of hydrogen-bond acceptors (Lipinski definition) is 3. The third-order valence-electron chi connectivity index (χ3n) is 4.36. The Labute approximate surface area is 156 Å². The number of benzene rings is 2. The van der Waals surface area contributed by atoms with Crippen molar-refractivity contribution in [1.82, 2.24) is 10.9 Å². The Kier molecular flexibility index (Phi) is 5.80. The van der Waals surface area contributed by atoms with Gasteiger partial charge < -0.3 is 4.90 Å². The molecule has 1 heterocycles. The monoisotopic (exact) mass is 369 g/mol. The van der Waals surface area contributed by atoms with Gasteiger partial charge in [0.2, 0.25) is 11.8 Å². The van der Waals surface area contributed by atoms with Crippen LogP contribution in [0.15, 0.2) is 48.5 Å². The van der Waals surface area contributed by atoms with Crippen molar-refractivity contribution >= 4 is 23.4 Å². The van der Waals surface area contributed by atoms with Crippen LogP contribution in [0, 0.1) is 5.82 Å². The van der Waals surface area contributed by atoms with Gasteiger partial charge in [-0.05, 0) is 54.8 Å². The second kappa shape index (κ2) is 8.44. The van der Waals surface area contributed by atoms with E-state index < -0.39 is 11.8 Å². The molecule has 140 valence electrons. The van der Waals surface area contributed by atoms with Crippen LogP contribution in [0.4, 0.5) is 10.1 Å². The van der Waals surface area contributed by atoms with Gasteiger partial charge in [-0.3, -0.25) is 25.2 Å².